The molecule has 8 heteroatoms. The van der Waals surface area contributed by atoms with E-state index < -0.39 is 0 Å². The molecule has 0 amide bonds. The van der Waals surface area contributed by atoms with Gasteiger partial charge in [-0.15, -0.1) is 0 Å². The van der Waals surface area contributed by atoms with E-state index in [-0.39, 0.29) is 12.6 Å². The fraction of sp³-hybridized carbons (Fsp3) is 0.474. The highest BCUT2D eigenvalue weighted by molar-refractivity contribution is 5.50. The molecule has 2 aromatic rings. The zero-order chi connectivity index (χ0) is 18.1. The minimum absolute atomic E-state index is 0.286. The molecule has 0 saturated carbocycles. The van der Waals surface area contributed by atoms with Gasteiger partial charge in [-0.3, -0.25) is 0 Å². The van der Waals surface area contributed by atoms with E-state index in [0.717, 1.165) is 54.6 Å². The van der Waals surface area contributed by atoms with Crippen molar-refractivity contribution in [2.45, 2.75) is 25.2 Å². The first kappa shape index (κ1) is 16.6. The second-order valence-electron chi connectivity index (χ2n) is 6.90. The van der Waals surface area contributed by atoms with Crippen molar-refractivity contribution < 1.29 is 18.9 Å². The molecule has 3 aliphatic heterocycles. The van der Waals surface area contributed by atoms with Crippen LogP contribution in [0.25, 0.3) is 0 Å². The lowest BCUT2D eigenvalue weighted by atomic mass is 10.0. The lowest BCUT2D eigenvalue weighted by Crippen LogP contribution is -2.45. The molecule has 27 heavy (non-hydrogen) atoms. The number of anilines is 2. The number of rotatable bonds is 4. The molecular formula is C19H22N4O4. The predicted octanol–water partition coefficient (Wildman–Crippen LogP) is 2.16. The highest BCUT2D eigenvalue weighted by Gasteiger charge is 2.40. The molecular weight excluding hydrogens is 348 g/mol. The van der Waals surface area contributed by atoms with Crippen LogP contribution in [0.3, 0.4) is 0 Å². The Kier molecular flexibility index (Phi) is 4.21. The first-order chi connectivity index (χ1) is 13.3. The first-order valence-electron chi connectivity index (χ1n) is 9.27. The summed E-state index contributed by atoms with van der Waals surface area (Å²) in [7, 11) is 0. The summed E-state index contributed by atoms with van der Waals surface area (Å²) in [4.78, 5) is 11.0. The maximum atomic E-state index is 5.80. The average molecular weight is 370 g/mol. The summed E-state index contributed by atoms with van der Waals surface area (Å²) in [6.07, 6.45) is 3.32. The van der Waals surface area contributed by atoms with E-state index in [9.17, 15) is 0 Å². The van der Waals surface area contributed by atoms with Crippen LogP contribution in [0.2, 0.25) is 0 Å². The van der Waals surface area contributed by atoms with Crippen molar-refractivity contribution in [3.8, 4) is 11.5 Å². The Balaban J connectivity index is 1.22. The number of aromatic nitrogens is 2. The largest absolute Gasteiger partial charge is 0.454 e. The van der Waals surface area contributed by atoms with Gasteiger partial charge in [-0.2, -0.15) is 0 Å². The van der Waals surface area contributed by atoms with Crippen LogP contribution in [0.15, 0.2) is 30.6 Å². The zero-order valence-corrected chi connectivity index (χ0v) is 15.0. The number of nitrogens with one attached hydrogen (secondary N) is 1. The summed E-state index contributed by atoms with van der Waals surface area (Å²) in [5, 5.41) is 3.36. The molecule has 0 atom stereocenters. The Bertz CT molecular complexity index is 815. The van der Waals surface area contributed by atoms with Gasteiger partial charge in [0.15, 0.2) is 17.3 Å². The zero-order valence-electron chi connectivity index (χ0n) is 15.0. The number of hydrogen-bond acceptors (Lipinski definition) is 8. The Labute approximate surface area is 157 Å². The van der Waals surface area contributed by atoms with Gasteiger partial charge in [0, 0.05) is 38.5 Å². The van der Waals surface area contributed by atoms with Gasteiger partial charge in [0.1, 0.15) is 18.0 Å². The summed E-state index contributed by atoms with van der Waals surface area (Å²) in [6, 6.07) is 7.93. The molecule has 1 N–H and O–H groups in total. The molecule has 2 fully saturated rings. The Morgan fingerprint density at radius 3 is 2.67 bits per heavy atom. The van der Waals surface area contributed by atoms with E-state index >= 15 is 0 Å². The molecule has 1 aromatic carbocycles. The smallest absolute Gasteiger partial charge is 0.231 e. The van der Waals surface area contributed by atoms with Crippen molar-refractivity contribution in [1.82, 2.24) is 9.97 Å². The highest BCUT2D eigenvalue weighted by atomic mass is 16.7. The predicted molar refractivity (Wildman–Crippen MR) is 98.0 cm³/mol. The summed E-state index contributed by atoms with van der Waals surface area (Å²) < 4.78 is 22.4. The summed E-state index contributed by atoms with van der Waals surface area (Å²) in [5.74, 6) is 2.93. The molecule has 3 aliphatic rings. The van der Waals surface area contributed by atoms with Crippen LogP contribution in [-0.4, -0.2) is 48.9 Å². The van der Waals surface area contributed by atoms with E-state index in [1.807, 2.05) is 24.3 Å². The van der Waals surface area contributed by atoms with Crippen LogP contribution in [0.5, 0.6) is 11.5 Å². The molecule has 0 radical (unpaired) electrons. The van der Waals surface area contributed by atoms with Gasteiger partial charge < -0.3 is 29.2 Å². The van der Waals surface area contributed by atoms with Crippen molar-refractivity contribution >= 4 is 11.6 Å². The van der Waals surface area contributed by atoms with Gasteiger partial charge in [-0.1, -0.05) is 6.07 Å². The van der Waals surface area contributed by atoms with Gasteiger partial charge in [-0.25, -0.2) is 9.97 Å². The third kappa shape index (κ3) is 3.38. The van der Waals surface area contributed by atoms with Crippen LogP contribution >= 0.6 is 0 Å². The third-order valence-corrected chi connectivity index (χ3v) is 5.23. The van der Waals surface area contributed by atoms with Crippen molar-refractivity contribution in [2.24, 2.45) is 0 Å². The fourth-order valence-electron chi connectivity index (χ4n) is 3.72. The van der Waals surface area contributed by atoms with Crippen molar-refractivity contribution in [2.75, 3.05) is 43.3 Å². The number of nitrogens with zero attached hydrogens (tertiary/aromatic N) is 3. The molecule has 142 valence electrons. The Hall–Kier alpha value is -2.58. The van der Waals surface area contributed by atoms with Gasteiger partial charge in [0.25, 0.3) is 0 Å². The monoisotopic (exact) mass is 370 g/mol. The normalized spacial score (nSPS) is 20.2. The maximum absolute atomic E-state index is 5.80. The molecule has 0 unspecified atom stereocenters. The molecule has 1 aromatic heterocycles. The minimum Gasteiger partial charge on any atom is -0.454 e. The van der Waals surface area contributed by atoms with Crippen molar-refractivity contribution in [1.29, 1.82) is 0 Å². The van der Waals surface area contributed by atoms with Gasteiger partial charge in [-0.05, 0) is 17.7 Å². The summed E-state index contributed by atoms with van der Waals surface area (Å²) >= 11 is 0. The fourth-order valence-corrected chi connectivity index (χ4v) is 3.72. The van der Waals surface area contributed by atoms with E-state index in [0.29, 0.717) is 19.8 Å². The number of benzene rings is 1. The molecule has 0 bridgehead atoms. The standard InChI is InChI=1S/C19H22N4O4/c1-2-15-16(25-13-24-15)9-14(1)11-20-17-10-18(22-12-21-17)23-5-3-19(4-6-23)26-7-8-27-19/h1-2,9-10,12H,3-8,11,13H2,(H,20,21,22). The Morgan fingerprint density at radius 1 is 1.00 bits per heavy atom. The average Bonchev–Trinajstić information content (AvgIpc) is 3.36. The molecule has 2 saturated heterocycles. The van der Waals surface area contributed by atoms with Crippen LogP contribution in [0.1, 0.15) is 18.4 Å². The van der Waals surface area contributed by atoms with Gasteiger partial charge in [0.05, 0.1) is 13.2 Å². The van der Waals surface area contributed by atoms with Crippen LogP contribution in [-0.2, 0) is 16.0 Å². The van der Waals surface area contributed by atoms with E-state index in [4.69, 9.17) is 18.9 Å². The topological polar surface area (TPSA) is 78.0 Å². The number of ether oxygens (including phenoxy) is 4. The molecule has 5 rings (SSSR count). The molecule has 8 nitrogen and oxygen atoms in total. The van der Waals surface area contributed by atoms with Crippen molar-refractivity contribution in [3.63, 3.8) is 0 Å². The third-order valence-electron chi connectivity index (χ3n) is 5.23. The minimum atomic E-state index is -0.371. The van der Waals surface area contributed by atoms with Crippen LogP contribution in [0, 0.1) is 0 Å². The van der Waals surface area contributed by atoms with Gasteiger partial charge >= 0.3 is 0 Å². The summed E-state index contributed by atoms with van der Waals surface area (Å²) in [5.41, 5.74) is 1.11. The lowest BCUT2D eigenvalue weighted by molar-refractivity contribution is -0.169. The molecule has 4 heterocycles. The van der Waals surface area contributed by atoms with E-state index in [1.54, 1.807) is 6.33 Å². The lowest BCUT2D eigenvalue weighted by Gasteiger charge is -2.38. The van der Waals surface area contributed by atoms with Gasteiger partial charge in [0.2, 0.25) is 6.79 Å². The van der Waals surface area contributed by atoms with Crippen LogP contribution in [0.4, 0.5) is 11.6 Å². The van der Waals surface area contributed by atoms with Crippen LogP contribution < -0.4 is 19.7 Å². The van der Waals surface area contributed by atoms with Crippen molar-refractivity contribution in [3.05, 3.63) is 36.2 Å². The quantitative estimate of drug-likeness (QED) is 0.877. The van der Waals surface area contributed by atoms with E-state index in [1.165, 1.54) is 0 Å². The van der Waals surface area contributed by atoms with E-state index in [2.05, 4.69) is 20.2 Å². The second-order valence-corrected chi connectivity index (χ2v) is 6.90. The maximum Gasteiger partial charge on any atom is 0.231 e. The number of hydrogen-bond donors (Lipinski definition) is 1. The Morgan fingerprint density at radius 2 is 1.81 bits per heavy atom. The molecule has 0 aliphatic carbocycles. The summed E-state index contributed by atoms with van der Waals surface area (Å²) in [6.45, 7) is 4.05. The SMILES string of the molecule is c1nc(NCc2ccc3c(c2)OCO3)cc(N2CCC3(CC2)OCCO3)n1. The molecule has 1 spiro atoms. The number of fused-ring (bicyclic) bond motifs is 1. The highest BCUT2D eigenvalue weighted by Crippen LogP contribution is 2.34. The number of piperidine rings is 1. The first-order valence-corrected chi connectivity index (χ1v) is 9.27. The second kappa shape index (κ2) is 6.86.